The van der Waals surface area contributed by atoms with E-state index in [9.17, 15) is 21.4 Å². The summed E-state index contributed by atoms with van der Waals surface area (Å²) in [7, 11) is -8.33. The molecule has 0 saturated carbocycles. The minimum atomic E-state index is -4.35. The van der Waals surface area contributed by atoms with Crippen molar-refractivity contribution < 1.29 is 30.5 Å². The quantitative estimate of drug-likeness (QED) is 0.186. The fourth-order valence-corrected chi connectivity index (χ4v) is 7.58. The van der Waals surface area contributed by atoms with Crippen molar-refractivity contribution in [3.05, 3.63) is 70.2 Å². The van der Waals surface area contributed by atoms with Gasteiger partial charge in [-0.2, -0.15) is 13.0 Å². The average Bonchev–Trinajstić information content (AvgIpc) is 3.36. The summed E-state index contributed by atoms with van der Waals surface area (Å²) in [5.41, 5.74) is 3.05. The molecule has 204 valence electrons. The first-order valence-corrected chi connectivity index (χ1v) is 16.9. The molecule has 2 aromatic carbocycles. The number of rotatable bonds is 11. The molecule has 0 spiro atoms. The van der Waals surface area contributed by atoms with E-state index in [0.29, 0.717) is 25.9 Å². The van der Waals surface area contributed by atoms with Crippen LogP contribution in [0.15, 0.2) is 70.1 Å². The lowest BCUT2D eigenvalue weighted by Crippen LogP contribution is -2.35. The van der Waals surface area contributed by atoms with Crippen molar-refractivity contribution in [3.63, 3.8) is 0 Å². The second kappa shape index (κ2) is 11.9. The molecule has 1 unspecified atom stereocenters. The van der Waals surface area contributed by atoms with E-state index >= 15 is 0 Å². The molecule has 38 heavy (non-hydrogen) atoms. The lowest BCUT2D eigenvalue weighted by molar-refractivity contribution is -0.669. The van der Waals surface area contributed by atoms with E-state index in [1.54, 1.807) is 23.1 Å². The van der Waals surface area contributed by atoms with Gasteiger partial charge in [-0.3, -0.25) is 4.55 Å². The van der Waals surface area contributed by atoms with Gasteiger partial charge in [0.1, 0.15) is 4.70 Å². The van der Waals surface area contributed by atoms with Crippen molar-refractivity contribution in [2.45, 2.75) is 49.8 Å². The number of fused-ring (bicyclic) bond motifs is 2. The highest BCUT2D eigenvalue weighted by Gasteiger charge is 2.26. The van der Waals surface area contributed by atoms with Crippen LogP contribution in [0.2, 0.25) is 0 Å². The van der Waals surface area contributed by atoms with Gasteiger partial charge in [0.15, 0.2) is 6.54 Å². The van der Waals surface area contributed by atoms with Crippen molar-refractivity contribution in [2.75, 3.05) is 17.2 Å². The van der Waals surface area contributed by atoms with Gasteiger partial charge in [-0.1, -0.05) is 47.4 Å². The monoisotopic (exact) mass is 594 g/mol. The Bertz CT molecular complexity index is 1590. The Morgan fingerprint density at radius 1 is 1.11 bits per heavy atom. The molecule has 0 amide bonds. The van der Waals surface area contributed by atoms with E-state index < -0.39 is 25.5 Å². The summed E-state index contributed by atoms with van der Waals surface area (Å²) in [5.74, 6) is -0.258. The molecule has 0 fully saturated rings. The topological polar surface area (TPSA) is 119 Å². The first-order valence-electron chi connectivity index (χ1n) is 12.2. The Kier molecular flexibility index (Phi) is 9.00. The molecule has 0 saturated heterocycles. The van der Waals surface area contributed by atoms with Crippen molar-refractivity contribution in [3.8, 4) is 0 Å². The highest BCUT2D eigenvalue weighted by atomic mass is 32.2. The first-order chi connectivity index (χ1) is 17.9. The number of hydrogen-bond acceptors (Lipinski definition) is 8. The van der Waals surface area contributed by atoms with Crippen molar-refractivity contribution in [1.29, 1.82) is 0 Å². The molecule has 3 aromatic rings. The van der Waals surface area contributed by atoms with Crippen LogP contribution < -0.4 is 9.47 Å². The molecule has 1 aromatic heterocycles. The summed E-state index contributed by atoms with van der Waals surface area (Å²) >= 11 is 3.25. The van der Waals surface area contributed by atoms with Crippen molar-refractivity contribution in [1.82, 2.24) is 0 Å². The molecule has 2 heterocycles. The van der Waals surface area contributed by atoms with Gasteiger partial charge in [-0.15, -0.1) is 0 Å². The number of thiazole rings is 1. The number of aromatic nitrogens is 1. The molecular formula is C26H30N2O6S4. The van der Waals surface area contributed by atoms with E-state index in [1.165, 1.54) is 6.92 Å². The standard InChI is InChI=1S/C26H30N2O6S4/c1-19(17-25-27(14-7-8-16-37(29,30)31)21-9-3-5-11-23(21)35-25)18-26-28(15-13-20(2)38(32,33)34)22-10-4-6-12-24(22)36-26/h3-6,9-12,17-18,20H,7-8,13-16H2,1-2H3,(H-,29,30,31,32,33,34). The van der Waals surface area contributed by atoms with E-state index in [2.05, 4.69) is 27.7 Å². The third-order valence-electron chi connectivity index (χ3n) is 6.26. The minimum Gasteiger partial charge on any atom is -0.748 e. The number of unbranched alkanes of at least 4 members (excludes halogenated alkanes) is 1. The third-order valence-corrected chi connectivity index (χ3v) is 10.5. The SMILES string of the molecule is CC(=Cc1sc2ccccc2[n+]1CCCCS(=O)(=O)O)C=C1Sc2ccccc2N1CCC(C)S(=O)(=O)[O-]. The van der Waals surface area contributed by atoms with Crippen LogP contribution in [0.1, 0.15) is 38.1 Å². The highest BCUT2D eigenvalue weighted by Crippen LogP contribution is 2.46. The first kappa shape index (κ1) is 28.8. The summed E-state index contributed by atoms with van der Waals surface area (Å²) in [6.07, 6.45) is 5.34. The smallest absolute Gasteiger partial charge is 0.264 e. The summed E-state index contributed by atoms with van der Waals surface area (Å²) in [4.78, 5) is 3.13. The van der Waals surface area contributed by atoms with Gasteiger partial charge in [0, 0.05) is 35.3 Å². The Balaban J connectivity index is 1.61. The number of aryl methyl sites for hydroxylation is 1. The van der Waals surface area contributed by atoms with Gasteiger partial charge >= 0.3 is 0 Å². The lowest BCUT2D eigenvalue weighted by atomic mass is 10.2. The Labute approximate surface area is 232 Å². The molecule has 4 rings (SSSR count). The van der Waals surface area contributed by atoms with Gasteiger partial charge in [0.25, 0.3) is 15.1 Å². The molecule has 8 nitrogen and oxygen atoms in total. The van der Waals surface area contributed by atoms with Crippen LogP contribution in [-0.2, 0) is 26.8 Å². The average molecular weight is 595 g/mol. The molecule has 1 atom stereocenters. The molecule has 1 aliphatic rings. The summed E-state index contributed by atoms with van der Waals surface area (Å²) in [6.45, 7) is 4.47. The number of nitrogens with zero attached hydrogens (tertiary/aromatic N) is 2. The predicted octanol–water partition coefficient (Wildman–Crippen LogP) is 5.04. The Hall–Kier alpha value is -2.22. The van der Waals surface area contributed by atoms with E-state index in [0.717, 1.165) is 36.4 Å². The Morgan fingerprint density at radius 3 is 2.55 bits per heavy atom. The van der Waals surface area contributed by atoms with Crippen LogP contribution in [0.3, 0.4) is 0 Å². The van der Waals surface area contributed by atoms with Gasteiger partial charge < -0.3 is 9.45 Å². The number of thioether (sulfide) groups is 1. The van der Waals surface area contributed by atoms with Crippen LogP contribution in [0.4, 0.5) is 5.69 Å². The van der Waals surface area contributed by atoms with Crippen LogP contribution in [0.25, 0.3) is 16.3 Å². The van der Waals surface area contributed by atoms with Crippen LogP contribution in [0, 0.1) is 0 Å². The van der Waals surface area contributed by atoms with E-state index in [4.69, 9.17) is 4.55 Å². The zero-order valence-corrected chi connectivity index (χ0v) is 24.4. The molecule has 1 aliphatic heterocycles. The molecule has 0 bridgehead atoms. The summed E-state index contributed by atoms with van der Waals surface area (Å²) in [5, 5.41) is 0.998. The second-order valence-electron chi connectivity index (χ2n) is 9.24. The summed E-state index contributed by atoms with van der Waals surface area (Å²) in [6, 6.07) is 16.0. The molecule has 0 radical (unpaired) electrons. The van der Waals surface area contributed by atoms with Crippen LogP contribution >= 0.6 is 23.1 Å². The van der Waals surface area contributed by atoms with Gasteiger partial charge in [-0.05, 0) is 56.5 Å². The molecular weight excluding hydrogens is 565 g/mol. The van der Waals surface area contributed by atoms with Crippen molar-refractivity contribution >= 4 is 65.3 Å². The maximum Gasteiger partial charge on any atom is 0.264 e. The molecule has 1 N–H and O–H groups in total. The van der Waals surface area contributed by atoms with Gasteiger partial charge in [-0.25, -0.2) is 8.42 Å². The number of para-hydroxylation sites is 2. The molecule has 12 heteroatoms. The maximum atomic E-state index is 11.4. The van der Waals surface area contributed by atoms with E-state index in [-0.39, 0.29) is 12.2 Å². The predicted molar refractivity (Wildman–Crippen MR) is 153 cm³/mol. The number of hydrogen-bond donors (Lipinski definition) is 1. The van der Waals surface area contributed by atoms with Gasteiger partial charge in [0.05, 0.1) is 26.6 Å². The fraction of sp³-hybridized carbons (Fsp3) is 0.346. The summed E-state index contributed by atoms with van der Waals surface area (Å²) < 4.78 is 68.9. The van der Waals surface area contributed by atoms with Crippen molar-refractivity contribution in [2.24, 2.45) is 0 Å². The van der Waals surface area contributed by atoms with Gasteiger partial charge in [0.2, 0.25) is 5.52 Å². The number of allylic oxidation sites excluding steroid dienone is 2. The molecule has 0 aliphatic carbocycles. The largest absolute Gasteiger partial charge is 0.748 e. The lowest BCUT2D eigenvalue weighted by Gasteiger charge is -2.23. The third kappa shape index (κ3) is 7.25. The highest BCUT2D eigenvalue weighted by molar-refractivity contribution is 8.03. The van der Waals surface area contributed by atoms with Crippen LogP contribution in [-0.4, -0.2) is 43.5 Å². The zero-order chi connectivity index (χ0) is 27.5. The van der Waals surface area contributed by atoms with Crippen LogP contribution in [0.5, 0.6) is 0 Å². The Morgan fingerprint density at radius 2 is 1.82 bits per heavy atom. The zero-order valence-electron chi connectivity index (χ0n) is 21.1. The number of benzene rings is 2. The second-order valence-corrected chi connectivity index (χ2v) is 14.7. The van der Waals surface area contributed by atoms with E-state index in [1.807, 2.05) is 49.4 Å². The normalized spacial score (nSPS) is 16.4. The minimum absolute atomic E-state index is 0.223. The fourth-order valence-electron chi connectivity index (χ4n) is 4.22. The number of anilines is 1. The maximum absolute atomic E-state index is 11.4.